The number of para-hydroxylation sites is 4. The van der Waals surface area contributed by atoms with Crippen molar-refractivity contribution in [2.24, 2.45) is 5.10 Å². The average Bonchev–Trinajstić information content (AvgIpc) is 3.04. The molecule has 4 rings (SSSR count). The van der Waals surface area contributed by atoms with Crippen LogP contribution in [-0.2, 0) is 19.6 Å². The molecule has 4 aromatic rings. The number of sulfonamides is 1. The van der Waals surface area contributed by atoms with Gasteiger partial charge < -0.3 is 19.5 Å². The molecule has 2 N–H and O–H groups in total. The summed E-state index contributed by atoms with van der Waals surface area (Å²) >= 11 is 0. The van der Waals surface area contributed by atoms with Crippen molar-refractivity contribution >= 4 is 39.4 Å². The fourth-order valence-electron chi connectivity index (χ4n) is 3.93. The molecule has 0 spiro atoms. The minimum Gasteiger partial charge on any atom is -0.495 e. The summed E-state index contributed by atoms with van der Waals surface area (Å²) in [6.07, 6.45) is 1.40. The summed E-state index contributed by atoms with van der Waals surface area (Å²) < 4.78 is 44.1. The van der Waals surface area contributed by atoms with E-state index in [1.165, 1.54) is 32.6 Å². The summed E-state index contributed by atoms with van der Waals surface area (Å²) in [7, 11) is -1.17. The van der Waals surface area contributed by atoms with Crippen LogP contribution in [0.2, 0.25) is 0 Å². The molecular formula is C31H30N4O7S. The molecule has 0 saturated heterocycles. The Morgan fingerprint density at radius 3 is 2.12 bits per heavy atom. The number of hydrogen-bond donors (Lipinski definition) is 2. The van der Waals surface area contributed by atoms with Gasteiger partial charge in [0, 0.05) is 0 Å². The molecule has 12 heteroatoms. The van der Waals surface area contributed by atoms with Crippen molar-refractivity contribution < 1.29 is 32.2 Å². The maximum atomic E-state index is 13.5. The maximum absolute atomic E-state index is 13.5. The Hall–Kier alpha value is -5.36. The van der Waals surface area contributed by atoms with Crippen LogP contribution in [0, 0.1) is 0 Å². The first-order valence-electron chi connectivity index (χ1n) is 13.0. The van der Waals surface area contributed by atoms with Crippen LogP contribution in [0.5, 0.6) is 17.2 Å². The van der Waals surface area contributed by atoms with Gasteiger partial charge in [-0.15, -0.1) is 0 Å². The normalized spacial score (nSPS) is 11.0. The molecule has 43 heavy (non-hydrogen) atoms. The molecule has 222 valence electrons. The molecule has 0 aliphatic rings. The van der Waals surface area contributed by atoms with Crippen molar-refractivity contribution in [2.45, 2.75) is 4.90 Å². The third-order valence-electron chi connectivity index (χ3n) is 6.01. The highest BCUT2D eigenvalue weighted by Crippen LogP contribution is 2.32. The molecular weight excluding hydrogens is 572 g/mol. The van der Waals surface area contributed by atoms with Crippen LogP contribution in [0.3, 0.4) is 0 Å². The molecule has 0 atom stereocenters. The number of nitrogens with one attached hydrogen (secondary N) is 2. The molecule has 11 nitrogen and oxygen atoms in total. The summed E-state index contributed by atoms with van der Waals surface area (Å²) in [4.78, 5) is 25.1. The van der Waals surface area contributed by atoms with Crippen LogP contribution in [0.15, 0.2) is 113 Å². The summed E-state index contributed by atoms with van der Waals surface area (Å²) in [6.45, 7) is -0.755. The molecule has 4 aromatic carbocycles. The number of hydrogen-bond acceptors (Lipinski definition) is 8. The number of carbonyl (C=O) groups is 2. The zero-order valence-electron chi connectivity index (χ0n) is 23.5. The number of nitrogens with zero attached hydrogens (tertiary/aromatic N) is 2. The molecule has 0 saturated carbocycles. The van der Waals surface area contributed by atoms with Crippen molar-refractivity contribution in [1.82, 2.24) is 5.43 Å². The lowest BCUT2D eigenvalue weighted by molar-refractivity contribution is -0.119. The monoisotopic (exact) mass is 602 g/mol. The predicted octanol–water partition coefficient (Wildman–Crippen LogP) is 4.07. The fraction of sp³-hybridized carbons (Fsp3) is 0.129. The standard InChI is InChI=1S/C31H30N4O7S/c1-40-28-14-8-6-12-26(28)33-31(37)22-42-24-18-16-23(17-19-24)20-32-34-30(36)21-35(27-13-7-9-15-29(27)41-2)43(38,39)25-10-4-3-5-11-25/h3-20H,21-22H2,1-2H3,(H,33,37)(H,34,36)/b32-20-. The second-order valence-corrected chi connectivity index (χ2v) is 10.8. The van der Waals surface area contributed by atoms with Gasteiger partial charge >= 0.3 is 0 Å². The van der Waals surface area contributed by atoms with Crippen molar-refractivity contribution in [3.63, 3.8) is 0 Å². The van der Waals surface area contributed by atoms with Crippen LogP contribution in [0.1, 0.15) is 5.56 Å². The van der Waals surface area contributed by atoms with E-state index in [0.717, 1.165) is 4.31 Å². The summed E-state index contributed by atoms with van der Waals surface area (Å²) in [6, 6.07) is 28.0. The second-order valence-electron chi connectivity index (χ2n) is 8.90. The van der Waals surface area contributed by atoms with Gasteiger partial charge in [-0.1, -0.05) is 42.5 Å². The van der Waals surface area contributed by atoms with Gasteiger partial charge in [0.15, 0.2) is 6.61 Å². The quantitative estimate of drug-likeness (QED) is 0.174. The van der Waals surface area contributed by atoms with Crippen LogP contribution in [0.25, 0.3) is 0 Å². The van der Waals surface area contributed by atoms with Gasteiger partial charge in [-0.3, -0.25) is 13.9 Å². The van der Waals surface area contributed by atoms with Crippen LogP contribution in [0.4, 0.5) is 11.4 Å². The van der Waals surface area contributed by atoms with E-state index in [4.69, 9.17) is 14.2 Å². The number of ether oxygens (including phenoxy) is 3. The lowest BCUT2D eigenvalue weighted by Gasteiger charge is -2.25. The molecule has 0 aromatic heterocycles. The Bertz CT molecular complexity index is 1680. The van der Waals surface area contributed by atoms with E-state index < -0.39 is 22.5 Å². The zero-order valence-corrected chi connectivity index (χ0v) is 24.3. The number of rotatable bonds is 13. The molecule has 0 radical (unpaired) electrons. The predicted molar refractivity (Wildman–Crippen MR) is 163 cm³/mol. The first-order valence-corrected chi connectivity index (χ1v) is 14.4. The van der Waals surface area contributed by atoms with E-state index in [1.54, 1.807) is 91.0 Å². The average molecular weight is 603 g/mol. The number of anilines is 2. The van der Waals surface area contributed by atoms with Crippen LogP contribution < -0.4 is 29.3 Å². The zero-order chi connectivity index (χ0) is 30.7. The third-order valence-corrected chi connectivity index (χ3v) is 7.78. The Balaban J connectivity index is 1.36. The number of amides is 2. The minimum absolute atomic E-state index is 0.0248. The smallest absolute Gasteiger partial charge is 0.264 e. The third kappa shape index (κ3) is 8.11. The maximum Gasteiger partial charge on any atom is 0.264 e. The first kappa shape index (κ1) is 30.6. The highest BCUT2D eigenvalue weighted by atomic mass is 32.2. The van der Waals surface area contributed by atoms with Crippen molar-refractivity contribution in [3.05, 3.63) is 109 Å². The fourth-order valence-corrected chi connectivity index (χ4v) is 5.39. The van der Waals surface area contributed by atoms with Crippen molar-refractivity contribution in [2.75, 3.05) is 37.0 Å². The van der Waals surface area contributed by atoms with Crippen molar-refractivity contribution in [1.29, 1.82) is 0 Å². The van der Waals surface area contributed by atoms with E-state index in [0.29, 0.717) is 22.7 Å². The van der Waals surface area contributed by atoms with E-state index >= 15 is 0 Å². The second kappa shape index (κ2) is 14.5. The highest BCUT2D eigenvalue weighted by molar-refractivity contribution is 7.92. The van der Waals surface area contributed by atoms with E-state index in [-0.39, 0.29) is 28.8 Å². The Kier molecular flexibility index (Phi) is 10.3. The summed E-state index contributed by atoms with van der Waals surface area (Å²) in [5.41, 5.74) is 3.74. The number of hydrazone groups is 1. The minimum atomic E-state index is -4.10. The van der Waals surface area contributed by atoms with E-state index in [2.05, 4.69) is 15.8 Å². The van der Waals surface area contributed by atoms with Crippen molar-refractivity contribution in [3.8, 4) is 17.2 Å². The number of methoxy groups -OCH3 is 2. The van der Waals surface area contributed by atoms with Gasteiger partial charge in [0.05, 0.1) is 36.7 Å². The number of benzene rings is 4. The van der Waals surface area contributed by atoms with Gasteiger partial charge in [-0.2, -0.15) is 5.10 Å². The molecule has 0 aliphatic carbocycles. The molecule has 2 amide bonds. The van der Waals surface area contributed by atoms with Crippen LogP contribution >= 0.6 is 0 Å². The SMILES string of the molecule is COc1ccccc1NC(=O)COc1ccc(/C=N\NC(=O)CN(c2ccccc2OC)S(=O)(=O)c2ccccc2)cc1. The topological polar surface area (TPSA) is 136 Å². The van der Waals surface area contributed by atoms with Gasteiger partial charge in [-0.25, -0.2) is 13.8 Å². The van der Waals surface area contributed by atoms with Gasteiger partial charge in [-0.05, 0) is 66.2 Å². The largest absolute Gasteiger partial charge is 0.495 e. The van der Waals surface area contributed by atoms with Gasteiger partial charge in [0.2, 0.25) is 0 Å². The number of carbonyl (C=O) groups excluding carboxylic acids is 2. The summed E-state index contributed by atoms with van der Waals surface area (Å²) in [5, 5.41) is 6.69. The molecule has 0 bridgehead atoms. The first-order chi connectivity index (χ1) is 20.8. The lowest BCUT2D eigenvalue weighted by atomic mass is 10.2. The lowest BCUT2D eigenvalue weighted by Crippen LogP contribution is -2.39. The highest BCUT2D eigenvalue weighted by Gasteiger charge is 2.29. The van der Waals surface area contributed by atoms with E-state index in [1.807, 2.05) is 0 Å². The van der Waals surface area contributed by atoms with Gasteiger partial charge in [0.25, 0.3) is 21.8 Å². The Morgan fingerprint density at radius 1 is 0.791 bits per heavy atom. The molecule has 0 heterocycles. The van der Waals surface area contributed by atoms with Crippen LogP contribution in [-0.4, -0.2) is 53.8 Å². The van der Waals surface area contributed by atoms with Gasteiger partial charge in [0.1, 0.15) is 23.8 Å². The summed E-state index contributed by atoms with van der Waals surface area (Å²) in [5.74, 6) is 0.265. The molecule has 0 fully saturated rings. The molecule has 0 aliphatic heterocycles. The van der Waals surface area contributed by atoms with E-state index in [9.17, 15) is 18.0 Å². The Labute approximate surface area is 249 Å². The Morgan fingerprint density at radius 2 is 1.42 bits per heavy atom. The molecule has 0 unspecified atom stereocenters.